The summed E-state index contributed by atoms with van der Waals surface area (Å²) in [4.78, 5) is 1.06. The minimum atomic E-state index is -0.628. The van der Waals surface area contributed by atoms with Gasteiger partial charge in [0.05, 0.1) is 28.4 Å². The molecule has 4 rings (SSSR count). The van der Waals surface area contributed by atoms with Gasteiger partial charge in [0.2, 0.25) is 0 Å². The van der Waals surface area contributed by atoms with Gasteiger partial charge in [-0.05, 0) is 29.7 Å². The second kappa shape index (κ2) is 7.44. The van der Waals surface area contributed by atoms with E-state index in [-0.39, 0.29) is 16.8 Å². The van der Waals surface area contributed by atoms with Crippen LogP contribution in [-0.2, 0) is 9.31 Å². The molecule has 2 aromatic rings. The number of hydrogen-bond acceptors (Lipinski definition) is 6. The third-order valence-electron chi connectivity index (χ3n) is 4.30. The number of rotatable bonds is 3. The fourth-order valence-corrected chi connectivity index (χ4v) is 5.80. The lowest BCUT2D eigenvalue weighted by molar-refractivity contribution is -0.0803. The SMILES string of the molecule is N#Cc1ccc(S[C@@H]2SC[C@@H]3OB(c4ccccc4)O[C@@H]2[C@H]3O)cc1. The molecule has 126 valence electrons. The van der Waals surface area contributed by atoms with Gasteiger partial charge < -0.3 is 14.4 Å². The molecule has 0 aromatic heterocycles. The molecule has 0 saturated carbocycles. The Balaban J connectivity index is 1.51. The average molecular weight is 369 g/mol. The Morgan fingerprint density at radius 2 is 1.88 bits per heavy atom. The van der Waals surface area contributed by atoms with Crippen LogP contribution in [0, 0.1) is 11.3 Å². The number of nitrogens with zero attached hydrogens (tertiary/aromatic N) is 1. The molecular formula is C18H16BNO3S2. The lowest BCUT2D eigenvalue weighted by atomic mass is 9.76. The van der Waals surface area contributed by atoms with Crippen LogP contribution in [0.2, 0.25) is 0 Å². The van der Waals surface area contributed by atoms with Crippen molar-refractivity contribution < 1.29 is 14.4 Å². The molecule has 0 amide bonds. The highest BCUT2D eigenvalue weighted by atomic mass is 32.2. The topological polar surface area (TPSA) is 62.5 Å². The van der Waals surface area contributed by atoms with Gasteiger partial charge >= 0.3 is 7.12 Å². The number of benzene rings is 2. The Morgan fingerprint density at radius 3 is 2.60 bits per heavy atom. The first-order valence-corrected chi connectivity index (χ1v) is 10.00. The highest BCUT2D eigenvalue weighted by Crippen LogP contribution is 2.42. The van der Waals surface area contributed by atoms with Crippen LogP contribution < -0.4 is 5.46 Å². The molecule has 2 heterocycles. The molecule has 2 fully saturated rings. The molecule has 2 aromatic carbocycles. The standard InChI is InChI=1S/C18H16BNO3S2/c20-10-12-6-8-14(9-7-12)25-18-17-16(21)15(11-24-18)22-19(23-17)13-4-2-1-3-5-13/h1-9,15-18,21H,11H2/t15-,16-,17+,18-/m0/s1. The first-order valence-electron chi connectivity index (χ1n) is 8.07. The maximum absolute atomic E-state index is 10.6. The maximum atomic E-state index is 10.6. The van der Waals surface area contributed by atoms with Gasteiger partial charge in [-0.25, -0.2) is 0 Å². The maximum Gasteiger partial charge on any atom is 0.494 e. The zero-order valence-corrected chi connectivity index (χ0v) is 15.0. The lowest BCUT2D eigenvalue weighted by Gasteiger charge is -2.45. The van der Waals surface area contributed by atoms with Gasteiger partial charge in [-0.2, -0.15) is 5.26 Å². The van der Waals surface area contributed by atoms with E-state index in [0.717, 1.165) is 16.1 Å². The summed E-state index contributed by atoms with van der Waals surface area (Å²) in [5.74, 6) is 0.734. The third-order valence-corrected chi connectivity index (χ3v) is 7.16. The van der Waals surface area contributed by atoms with Crippen molar-refractivity contribution in [2.24, 2.45) is 0 Å². The molecule has 25 heavy (non-hydrogen) atoms. The van der Waals surface area contributed by atoms with Crippen LogP contribution in [0.3, 0.4) is 0 Å². The zero-order chi connectivity index (χ0) is 17.2. The lowest BCUT2D eigenvalue weighted by Crippen LogP contribution is -2.61. The van der Waals surface area contributed by atoms with E-state index < -0.39 is 13.2 Å². The van der Waals surface area contributed by atoms with Crippen molar-refractivity contribution in [2.75, 3.05) is 5.75 Å². The Labute approximate surface area is 155 Å². The molecule has 0 radical (unpaired) electrons. The Morgan fingerprint density at radius 1 is 1.12 bits per heavy atom. The molecule has 0 unspecified atom stereocenters. The van der Waals surface area contributed by atoms with Crippen molar-refractivity contribution in [3.8, 4) is 6.07 Å². The van der Waals surface area contributed by atoms with Crippen molar-refractivity contribution >= 4 is 36.1 Å². The van der Waals surface area contributed by atoms with Crippen molar-refractivity contribution in [2.45, 2.75) is 27.8 Å². The fraction of sp³-hybridized carbons (Fsp3) is 0.278. The summed E-state index contributed by atoms with van der Waals surface area (Å²) in [7, 11) is -0.440. The number of hydrogen-bond donors (Lipinski definition) is 1. The molecule has 2 aliphatic rings. The minimum absolute atomic E-state index is 0.0781. The highest BCUT2D eigenvalue weighted by molar-refractivity contribution is 8.17. The number of thioether (sulfide) groups is 2. The van der Waals surface area contributed by atoms with Gasteiger partial charge in [-0.15, -0.1) is 23.5 Å². The van der Waals surface area contributed by atoms with Crippen LogP contribution in [0.25, 0.3) is 0 Å². The zero-order valence-electron chi connectivity index (χ0n) is 13.3. The number of aliphatic hydroxyl groups is 1. The largest absolute Gasteiger partial charge is 0.494 e. The summed E-state index contributed by atoms with van der Waals surface area (Å²) in [5.41, 5.74) is 1.62. The number of aliphatic hydroxyl groups excluding tert-OH is 1. The van der Waals surface area contributed by atoms with E-state index >= 15 is 0 Å². The number of fused-ring (bicyclic) bond motifs is 2. The second-order valence-electron chi connectivity index (χ2n) is 5.96. The summed E-state index contributed by atoms with van der Waals surface area (Å²) in [6, 6.07) is 19.5. The highest BCUT2D eigenvalue weighted by Gasteiger charge is 2.49. The Hall–Kier alpha value is -1.43. The number of nitriles is 1. The van der Waals surface area contributed by atoms with Crippen molar-refractivity contribution in [1.82, 2.24) is 0 Å². The van der Waals surface area contributed by atoms with Gasteiger partial charge in [0.15, 0.2) is 0 Å². The van der Waals surface area contributed by atoms with E-state index in [1.54, 1.807) is 23.5 Å². The van der Waals surface area contributed by atoms with Crippen molar-refractivity contribution in [1.29, 1.82) is 5.26 Å². The average Bonchev–Trinajstić information content (AvgIpc) is 2.65. The predicted molar refractivity (Wildman–Crippen MR) is 101 cm³/mol. The van der Waals surface area contributed by atoms with E-state index in [0.29, 0.717) is 5.56 Å². The third kappa shape index (κ3) is 3.59. The summed E-state index contributed by atoms with van der Waals surface area (Å²) >= 11 is 3.42. The first kappa shape index (κ1) is 17.0. The van der Waals surface area contributed by atoms with E-state index in [2.05, 4.69) is 6.07 Å². The van der Waals surface area contributed by atoms with Crippen molar-refractivity contribution in [3.05, 3.63) is 60.2 Å². The monoisotopic (exact) mass is 369 g/mol. The van der Waals surface area contributed by atoms with Gasteiger partial charge in [0, 0.05) is 10.6 Å². The minimum Gasteiger partial charge on any atom is -0.401 e. The molecule has 4 nitrogen and oxygen atoms in total. The molecule has 4 atom stereocenters. The van der Waals surface area contributed by atoms with E-state index in [1.165, 1.54) is 0 Å². The van der Waals surface area contributed by atoms with E-state index in [4.69, 9.17) is 14.6 Å². The summed E-state index contributed by atoms with van der Waals surface area (Å²) < 4.78 is 12.1. The molecule has 2 bridgehead atoms. The smallest absolute Gasteiger partial charge is 0.401 e. The second-order valence-corrected chi connectivity index (χ2v) is 8.65. The predicted octanol–water partition coefficient (Wildman–Crippen LogP) is 2.26. The molecule has 7 heteroatoms. The first-order chi connectivity index (χ1) is 12.2. The molecule has 2 saturated heterocycles. The summed E-state index contributed by atoms with van der Waals surface area (Å²) in [6.45, 7) is 0. The van der Waals surface area contributed by atoms with Crippen LogP contribution in [-0.4, -0.2) is 40.9 Å². The van der Waals surface area contributed by atoms with Gasteiger partial charge in [-0.1, -0.05) is 30.3 Å². The molecule has 0 aliphatic carbocycles. The fourth-order valence-electron chi connectivity index (χ4n) is 2.96. The molecule has 0 spiro atoms. The molecule has 2 aliphatic heterocycles. The van der Waals surface area contributed by atoms with E-state index in [9.17, 15) is 5.11 Å². The molecular weight excluding hydrogens is 353 g/mol. The quantitative estimate of drug-likeness (QED) is 0.838. The van der Waals surface area contributed by atoms with Gasteiger partial charge in [0.1, 0.15) is 6.10 Å². The Kier molecular flexibility index (Phi) is 5.06. The summed E-state index contributed by atoms with van der Waals surface area (Å²) in [5, 5.41) is 19.5. The van der Waals surface area contributed by atoms with Crippen LogP contribution in [0.4, 0.5) is 0 Å². The van der Waals surface area contributed by atoms with Crippen LogP contribution in [0.1, 0.15) is 5.56 Å². The van der Waals surface area contributed by atoms with Crippen LogP contribution in [0.5, 0.6) is 0 Å². The van der Waals surface area contributed by atoms with E-state index in [1.807, 2.05) is 54.6 Å². The van der Waals surface area contributed by atoms with Gasteiger partial charge in [-0.3, -0.25) is 0 Å². The molecule has 1 N–H and O–H groups in total. The van der Waals surface area contributed by atoms with Crippen LogP contribution in [0.15, 0.2) is 59.5 Å². The van der Waals surface area contributed by atoms with Crippen LogP contribution >= 0.6 is 23.5 Å². The summed E-state index contributed by atoms with van der Waals surface area (Å²) in [6.07, 6.45) is -1.15. The Bertz CT molecular complexity index is 768. The normalized spacial score (nSPS) is 28.4. The van der Waals surface area contributed by atoms with Gasteiger partial charge in [0.25, 0.3) is 0 Å². The van der Waals surface area contributed by atoms with Crippen molar-refractivity contribution in [3.63, 3.8) is 0 Å².